The van der Waals surface area contributed by atoms with Gasteiger partial charge in [0.15, 0.2) is 0 Å². The Morgan fingerprint density at radius 1 is 1.10 bits per heavy atom. The Bertz CT molecular complexity index is 616. The number of alkyl halides is 3. The van der Waals surface area contributed by atoms with Gasteiger partial charge in [-0.15, -0.1) is 24.9 Å². The van der Waals surface area contributed by atoms with Gasteiger partial charge in [0.1, 0.15) is 5.75 Å². The van der Waals surface area contributed by atoms with Gasteiger partial charge in [-0.1, -0.05) is 30.3 Å². The molecule has 2 rings (SSSR count). The normalized spacial score (nSPS) is 13.0. The minimum Gasteiger partial charge on any atom is -0.406 e. The van der Waals surface area contributed by atoms with E-state index in [0.717, 1.165) is 10.5 Å². The van der Waals surface area contributed by atoms with E-state index >= 15 is 0 Å². The highest BCUT2D eigenvalue weighted by molar-refractivity contribution is 7.98. The van der Waals surface area contributed by atoms with Gasteiger partial charge in [-0.3, -0.25) is 0 Å². The van der Waals surface area contributed by atoms with Crippen molar-refractivity contribution in [2.45, 2.75) is 17.3 Å². The molecule has 0 aromatic heterocycles. The van der Waals surface area contributed by atoms with Crippen LogP contribution in [0.5, 0.6) is 5.75 Å². The Kier molecular flexibility index (Phi) is 4.80. The van der Waals surface area contributed by atoms with Gasteiger partial charge in [0.25, 0.3) is 0 Å². The van der Waals surface area contributed by atoms with E-state index < -0.39 is 12.4 Å². The van der Waals surface area contributed by atoms with Crippen molar-refractivity contribution in [3.05, 3.63) is 59.7 Å². The third-order valence-electron chi connectivity index (χ3n) is 2.92. The minimum atomic E-state index is -4.71. The molecule has 0 heterocycles. The Morgan fingerprint density at radius 2 is 1.81 bits per heavy atom. The van der Waals surface area contributed by atoms with Crippen molar-refractivity contribution < 1.29 is 17.9 Å². The zero-order chi connectivity index (χ0) is 15.5. The predicted octanol–water partition coefficient (Wildman–Crippen LogP) is 4.36. The first-order chi connectivity index (χ1) is 9.90. The molecule has 0 saturated carbocycles. The lowest BCUT2D eigenvalue weighted by molar-refractivity contribution is -0.274. The van der Waals surface area contributed by atoms with Crippen LogP contribution in [-0.4, -0.2) is 12.6 Å². The number of hydrogen-bond acceptors (Lipinski definition) is 3. The summed E-state index contributed by atoms with van der Waals surface area (Å²) in [6.07, 6.45) is -2.78. The number of benzene rings is 2. The molecule has 112 valence electrons. The fourth-order valence-corrected chi connectivity index (χ4v) is 2.65. The molecule has 2 aromatic rings. The van der Waals surface area contributed by atoms with Gasteiger partial charge in [-0.25, -0.2) is 0 Å². The van der Waals surface area contributed by atoms with Crippen molar-refractivity contribution in [3.63, 3.8) is 0 Å². The van der Waals surface area contributed by atoms with Crippen molar-refractivity contribution in [1.82, 2.24) is 0 Å². The maximum Gasteiger partial charge on any atom is 0.573 e. The summed E-state index contributed by atoms with van der Waals surface area (Å²) in [6.45, 7) is 0. The van der Waals surface area contributed by atoms with Crippen LogP contribution in [0.1, 0.15) is 17.2 Å². The van der Waals surface area contributed by atoms with Gasteiger partial charge in [-0.2, -0.15) is 0 Å². The molecular weight excluding hydrogens is 299 g/mol. The fraction of sp³-hybridized carbons (Fsp3) is 0.200. The molecule has 0 fully saturated rings. The molecule has 6 heteroatoms. The Labute approximate surface area is 125 Å². The molecule has 1 atom stereocenters. The number of hydrogen-bond donors (Lipinski definition) is 1. The molecule has 0 aliphatic rings. The van der Waals surface area contributed by atoms with Crippen LogP contribution in [0.2, 0.25) is 0 Å². The summed E-state index contributed by atoms with van der Waals surface area (Å²) in [5, 5.41) is 0. The molecule has 2 nitrogen and oxygen atoms in total. The lowest BCUT2D eigenvalue weighted by Crippen LogP contribution is -2.18. The van der Waals surface area contributed by atoms with Gasteiger partial charge in [0.2, 0.25) is 0 Å². The zero-order valence-corrected chi connectivity index (χ0v) is 12.0. The summed E-state index contributed by atoms with van der Waals surface area (Å²) in [5.41, 5.74) is 7.61. The van der Waals surface area contributed by atoms with Crippen LogP contribution in [0.3, 0.4) is 0 Å². The van der Waals surface area contributed by atoms with Crippen molar-refractivity contribution in [3.8, 4) is 5.75 Å². The number of ether oxygens (including phenoxy) is 1. The monoisotopic (exact) mass is 313 g/mol. The average Bonchev–Trinajstić information content (AvgIpc) is 2.45. The number of thioether (sulfide) groups is 1. The lowest BCUT2D eigenvalue weighted by atomic mass is 9.99. The van der Waals surface area contributed by atoms with Crippen LogP contribution >= 0.6 is 11.8 Å². The van der Waals surface area contributed by atoms with Crippen molar-refractivity contribution in [2.75, 3.05) is 6.26 Å². The number of halogens is 3. The molecule has 0 spiro atoms. The summed E-state index contributed by atoms with van der Waals surface area (Å²) in [6, 6.07) is 12.8. The second-order valence-corrected chi connectivity index (χ2v) is 5.19. The van der Waals surface area contributed by atoms with Crippen molar-refractivity contribution in [2.24, 2.45) is 5.73 Å². The third kappa shape index (κ3) is 4.15. The maximum atomic E-state index is 12.3. The highest BCUT2D eigenvalue weighted by atomic mass is 32.2. The van der Waals surface area contributed by atoms with E-state index in [0.29, 0.717) is 5.56 Å². The van der Waals surface area contributed by atoms with E-state index in [4.69, 9.17) is 5.73 Å². The number of nitrogens with two attached hydrogens (primary N) is 1. The van der Waals surface area contributed by atoms with Gasteiger partial charge in [0.05, 0.1) is 6.04 Å². The molecule has 1 unspecified atom stereocenters. The van der Waals surface area contributed by atoms with E-state index in [2.05, 4.69) is 4.74 Å². The Morgan fingerprint density at radius 3 is 2.48 bits per heavy atom. The standard InChI is InChI=1S/C15H14F3NOS/c1-21-13-8-3-2-7-12(13)14(19)10-5-4-6-11(9-10)20-15(16,17)18/h2-9,14H,19H2,1H3. The molecule has 21 heavy (non-hydrogen) atoms. The second kappa shape index (κ2) is 6.41. The molecule has 0 amide bonds. The molecule has 0 saturated heterocycles. The van der Waals surface area contributed by atoms with Gasteiger partial charge < -0.3 is 10.5 Å². The number of rotatable bonds is 4. The largest absolute Gasteiger partial charge is 0.573 e. The maximum absolute atomic E-state index is 12.3. The highest BCUT2D eigenvalue weighted by Gasteiger charge is 2.31. The van der Waals surface area contributed by atoms with Gasteiger partial charge in [0, 0.05) is 4.90 Å². The Hall–Kier alpha value is -1.66. The average molecular weight is 313 g/mol. The summed E-state index contributed by atoms with van der Waals surface area (Å²) < 4.78 is 40.7. The quantitative estimate of drug-likeness (QED) is 0.852. The molecule has 2 aromatic carbocycles. The summed E-state index contributed by atoms with van der Waals surface area (Å²) >= 11 is 1.54. The summed E-state index contributed by atoms with van der Waals surface area (Å²) in [4.78, 5) is 0.993. The first-order valence-corrected chi connectivity index (χ1v) is 7.37. The smallest absolute Gasteiger partial charge is 0.406 e. The SMILES string of the molecule is CSc1ccccc1C(N)c1cccc(OC(F)(F)F)c1. The van der Waals surface area contributed by atoms with Crippen molar-refractivity contribution in [1.29, 1.82) is 0 Å². The minimum absolute atomic E-state index is 0.267. The van der Waals surface area contributed by atoms with E-state index in [1.54, 1.807) is 17.8 Å². The summed E-state index contributed by atoms with van der Waals surface area (Å²) in [7, 11) is 0. The third-order valence-corrected chi connectivity index (χ3v) is 3.74. The van der Waals surface area contributed by atoms with Crippen LogP contribution in [0.15, 0.2) is 53.4 Å². The lowest BCUT2D eigenvalue weighted by Gasteiger charge is -2.17. The van der Waals surface area contributed by atoms with Crippen LogP contribution in [0, 0.1) is 0 Å². The highest BCUT2D eigenvalue weighted by Crippen LogP contribution is 2.31. The van der Waals surface area contributed by atoms with Gasteiger partial charge in [-0.05, 0) is 35.6 Å². The molecule has 0 aliphatic heterocycles. The van der Waals surface area contributed by atoms with E-state index in [-0.39, 0.29) is 5.75 Å². The van der Waals surface area contributed by atoms with Crippen LogP contribution in [-0.2, 0) is 0 Å². The molecule has 0 aliphatic carbocycles. The molecule has 0 bridgehead atoms. The topological polar surface area (TPSA) is 35.2 Å². The first kappa shape index (κ1) is 15.7. The molecular formula is C15H14F3NOS. The molecule has 2 N–H and O–H groups in total. The first-order valence-electron chi connectivity index (χ1n) is 6.15. The van der Waals surface area contributed by atoms with Crippen LogP contribution in [0.4, 0.5) is 13.2 Å². The Balaban J connectivity index is 2.31. The fourth-order valence-electron chi connectivity index (χ4n) is 2.01. The summed E-state index contributed by atoms with van der Waals surface area (Å²) in [5.74, 6) is -0.267. The second-order valence-electron chi connectivity index (χ2n) is 4.34. The van der Waals surface area contributed by atoms with Gasteiger partial charge >= 0.3 is 6.36 Å². The van der Waals surface area contributed by atoms with E-state index in [1.165, 1.54) is 18.2 Å². The van der Waals surface area contributed by atoms with E-state index in [9.17, 15) is 13.2 Å². The predicted molar refractivity (Wildman–Crippen MR) is 77.4 cm³/mol. The zero-order valence-electron chi connectivity index (χ0n) is 11.2. The van der Waals surface area contributed by atoms with E-state index in [1.807, 2.05) is 30.5 Å². The van der Waals surface area contributed by atoms with Crippen LogP contribution < -0.4 is 10.5 Å². The molecule has 0 radical (unpaired) electrons. The van der Waals surface area contributed by atoms with Crippen molar-refractivity contribution >= 4 is 11.8 Å². The van der Waals surface area contributed by atoms with Crippen LogP contribution in [0.25, 0.3) is 0 Å².